The summed E-state index contributed by atoms with van der Waals surface area (Å²) in [5.74, 6) is -3.05. The average molecular weight is 434 g/mol. The number of carbonyl (C=O) groups is 2. The van der Waals surface area contributed by atoms with Gasteiger partial charge in [0.05, 0.1) is 18.4 Å². The summed E-state index contributed by atoms with van der Waals surface area (Å²) in [4.78, 5) is 29.5. The van der Waals surface area contributed by atoms with Crippen LogP contribution in [0.5, 0.6) is 5.75 Å². The monoisotopic (exact) mass is 434 g/mol. The molecule has 2 amide bonds. The number of imide groups is 1. The van der Waals surface area contributed by atoms with E-state index in [1.165, 1.54) is 13.2 Å². The fourth-order valence-corrected chi connectivity index (χ4v) is 3.76. The van der Waals surface area contributed by atoms with Gasteiger partial charge in [-0.15, -0.1) is 0 Å². The molecule has 162 valence electrons. The summed E-state index contributed by atoms with van der Waals surface area (Å²) >= 11 is 0. The maximum Gasteiger partial charge on any atom is 0.282 e. The first-order valence-corrected chi connectivity index (χ1v) is 9.89. The smallest absolute Gasteiger partial charge is 0.282 e. The second-order valence-electron chi connectivity index (χ2n) is 7.31. The average Bonchev–Trinajstić information content (AvgIpc) is 3.06. The van der Waals surface area contributed by atoms with Crippen molar-refractivity contribution in [3.8, 4) is 5.75 Å². The van der Waals surface area contributed by atoms with Crippen molar-refractivity contribution in [3.63, 3.8) is 0 Å². The van der Waals surface area contributed by atoms with Crippen molar-refractivity contribution < 1.29 is 23.1 Å². The zero-order valence-electron chi connectivity index (χ0n) is 17.5. The first kappa shape index (κ1) is 21.2. The molecule has 0 atom stereocenters. The van der Waals surface area contributed by atoms with Crippen LogP contribution in [0.2, 0.25) is 0 Å². The molecule has 5 nitrogen and oxygen atoms in total. The van der Waals surface area contributed by atoms with Crippen molar-refractivity contribution in [1.82, 2.24) is 4.90 Å². The van der Waals surface area contributed by atoms with Crippen molar-refractivity contribution in [2.45, 2.75) is 6.54 Å². The molecule has 3 aromatic rings. The van der Waals surface area contributed by atoms with E-state index in [4.69, 9.17) is 4.74 Å². The SMILES string of the molecule is COc1ccccc1C1=C(N(C)Cc2ccccc2)C(=O)N(c2ccc(F)c(F)c2)C1=O. The van der Waals surface area contributed by atoms with E-state index in [0.717, 1.165) is 22.6 Å². The highest BCUT2D eigenvalue weighted by Crippen LogP contribution is 2.38. The Bertz CT molecular complexity index is 1220. The molecule has 0 fully saturated rings. The number of ether oxygens (including phenoxy) is 1. The van der Waals surface area contributed by atoms with Crippen LogP contribution in [0, 0.1) is 11.6 Å². The Balaban J connectivity index is 1.85. The number of likely N-dealkylation sites (N-methyl/N-ethyl adjacent to an activating group) is 1. The van der Waals surface area contributed by atoms with E-state index >= 15 is 0 Å². The number of rotatable bonds is 6. The lowest BCUT2D eigenvalue weighted by Gasteiger charge is -2.22. The first-order valence-electron chi connectivity index (χ1n) is 9.89. The van der Waals surface area contributed by atoms with E-state index in [2.05, 4.69) is 0 Å². The Kier molecular flexibility index (Phi) is 5.73. The second-order valence-corrected chi connectivity index (χ2v) is 7.31. The van der Waals surface area contributed by atoms with Crippen molar-refractivity contribution in [3.05, 3.63) is 101 Å². The summed E-state index contributed by atoms with van der Waals surface area (Å²) in [6.07, 6.45) is 0. The zero-order valence-corrected chi connectivity index (χ0v) is 17.5. The minimum absolute atomic E-state index is 0.0468. The van der Waals surface area contributed by atoms with Gasteiger partial charge in [0.25, 0.3) is 11.8 Å². The number of halogens is 2. The van der Waals surface area contributed by atoms with Crippen LogP contribution in [-0.2, 0) is 16.1 Å². The van der Waals surface area contributed by atoms with Gasteiger partial charge in [-0.05, 0) is 23.8 Å². The second kappa shape index (κ2) is 8.63. The van der Waals surface area contributed by atoms with Gasteiger partial charge in [0.2, 0.25) is 0 Å². The van der Waals surface area contributed by atoms with Gasteiger partial charge in [0.1, 0.15) is 11.4 Å². The van der Waals surface area contributed by atoms with E-state index in [1.54, 1.807) is 36.2 Å². The van der Waals surface area contributed by atoms with Crippen LogP contribution in [0.15, 0.2) is 78.5 Å². The Labute approximate surface area is 184 Å². The summed E-state index contributed by atoms with van der Waals surface area (Å²) in [7, 11) is 3.18. The highest BCUT2D eigenvalue weighted by atomic mass is 19.2. The van der Waals surface area contributed by atoms with Crippen LogP contribution in [0.25, 0.3) is 5.57 Å². The van der Waals surface area contributed by atoms with E-state index in [9.17, 15) is 18.4 Å². The van der Waals surface area contributed by atoms with Crippen molar-refractivity contribution in [2.75, 3.05) is 19.1 Å². The van der Waals surface area contributed by atoms with Crippen LogP contribution in [0.1, 0.15) is 11.1 Å². The molecule has 0 aromatic heterocycles. The number of para-hydroxylation sites is 1. The zero-order chi connectivity index (χ0) is 22.8. The van der Waals surface area contributed by atoms with Crippen molar-refractivity contribution >= 4 is 23.1 Å². The maximum atomic E-state index is 13.9. The van der Waals surface area contributed by atoms with E-state index in [1.807, 2.05) is 30.3 Å². The number of benzene rings is 3. The number of anilines is 1. The van der Waals surface area contributed by atoms with Crippen LogP contribution in [0.3, 0.4) is 0 Å². The molecule has 1 aliphatic rings. The molecular weight excluding hydrogens is 414 g/mol. The minimum atomic E-state index is -1.15. The summed E-state index contributed by atoms with van der Waals surface area (Å²) in [5, 5.41) is 0. The molecule has 0 N–H and O–H groups in total. The van der Waals surface area contributed by atoms with Gasteiger partial charge in [-0.1, -0.05) is 48.5 Å². The topological polar surface area (TPSA) is 49.9 Å². The van der Waals surface area contributed by atoms with E-state index in [0.29, 0.717) is 17.9 Å². The molecule has 0 bridgehead atoms. The van der Waals surface area contributed by atoms with Crippen LogP contribution in [0.4, 0.5) is 14.5 Å². The van der Waals surface area contributed by atoms with Crippen molar-refractivity contribution in [1.29, 1.82) is 0 Å². The summed E-state index contributed by atoms with van der Waals surface area (Å²) in [5.41, 5.74) is 1.61. The lowest BCUT2D eigenvalue weighted by Crippen LogP contribution is -2.34. The fourth-order valence-electron chi connectivity index (χ4n) is 3.76. The van der Waals surface area contributed by atoms with Gasteiger partial charge in [-0.2, -0.15) is 0 Å². The minimum Gasteiger partial charge on any atom is -0.496 e. The van der Waals surface area contributed by atoms with Gasteiger partial charge in [0.15, 0.2) is 11.6 Å². The number of methoxy groups -OCH3 is 1. The van der Waals surface area contributed by atoms with Crippen LogP contribution >= 0.6 is 0 Å². The quantitative estimate of drug-likeness (QED) is 0.540. The van der Waals surface area contributed by atoms with E-state index in [-0.39, 0.29) is 17.0 Å². The molecule has 0 radical (unpaired) electrons. The summed E-state index contributed by atoms with van der Waals surface area (Å²) in [6, 6.07) is 19.3. The molecule has 32 heavy (non-hydrogen) atoms. The molecule has 0 aliphatic carbocycles. The largest absolute Gasteiger partial charge is 0.496 e. The molecular formula is C25H20F2N2O3. The van der Waals surface area contributed by atoms with Crippen LogP contribution in [-0.4, -0.2) is 30.9 Å². The standard InChI is InChI=1S/C25H20F2N2O3/c1-28(15-16-8-4-3-5-9-16)23-22(18-10-6-7-11-21(18)32-2)24(30)29(25(23)31)17-12-13-19(26)20(27)14-17/h3-14H,15H2,1-2H3. The molecule has 1 heterocycles. The van der Waals surface area contributed by atoms with Gasteiger partial charge in [-0.25, -0.2) is 13.7 Å². The molecule has 0 unspecified atom stereocenters. The van der Waals surface area contributed by atoms with Gasteiger partial charge in [-0.3, -0.25) is 9.59 Å². The molecule has 0 spiro atoms. The molecule has 4 rings (SSSR count). The molecule has 0 saturated heterocycles. The highest BCUT2D eigenvalue weighted by molar-refractivity contribution is 6.45. The number of hydrogen-bond donors (Lipinski definition) is 0. The molecule has 1 aliphatic heterocycles. The van der Waals surface area contributed by atoms with Crippen LogP contribution < -0.4 is 9.64 Å². The van der Waals surface area contributed by atoms with Gasteiger partial charge in [0, 0.05) is 25.2 Å². The third kappa shape index (κ3) is 3.73. The van der Waals surface area contributed by atoms with E-state index < -0.39 is 23.4 Å². The number of amides is 2. The lowest BCUT2D eigenvalue weighted by atomic mass is 10.0. The maximum absolute atomic E-state index is 13.9. The first-order chi connectivity index (χ1) is 15.4. The lowest BCUT2D eigenvalue weighted by molar-refractivity contribution is -0.120. The predicted octanol–water partition coefficient (Wildman–Crippen LogP) is 4.39. The molecule has 0 saturated carbocycles. The Hall–Kier alpha value is -4.00. The predicted molar refractivity (Wildman–Crippen MR) is 117 cm³/mol. The van der Waals surface area contributed by atoms with Crippen molar-refractivity contribution in [2.24, 2.45) is 0 Å². The number of carbonyl (C=O) groups excluding carboxylic acids is 2. The molecule has 7 heteroatoms. The Morgan fingerprint density at radius 1 is 0.875 bits per heavy atom. The summed E-state index contributed by atoms with van der Waals surface area (Å²) in [6.45, 7) is 0.361. The molecule has 3 aromatic carbocycles. The fraction of sp³-hybridized carbons (Fsp3) is 0.120. The normalized spacial score (nSPS) is 13.7. The number of nitrogens with zero attached hydrogens (tertiary/aromatic N) is 2. The third-order valence-corrected chi connectivity index (χ3v) is 5.24. The third-order valence-electron chi connectivity index (χ3n) is 5.24. The highest BCUT2D eigenvalue weighted by Gasteiger charge is 2.42. The Morgan fingerprint density at radius 2 is 1.56 bits per heavy atom. The van der Waals surface area contributed by atoms with Gasteiger partial charge < -0.3 is 9.64 Å². The Morgan fingerprint density at radius 3 is 2.25 bits per heavy atom. The number of hydrogen-bond acceptors (Lipinski definition) is 4. The van der Waals surface area contributed by atoms with Gasteiger partial charge >= 0.3 is 0 Å². The summed E-state index contributed by atoms with van der Waals surface area (Å²) < 4.78 is 32.8.